The average Bonchev–Trinajstić information content (AvgIpc) is 3.06. The highest BCUT2D eigenvalue weighted by atomic mass is 32.2. The number of methoxy groups -OCH3 is 1. The molecule has 0 aliphatic rings. The smallest absolute Gasteiger partial charge is 0.387 e. The molecule has 3 aromatic rings. The maximum atomic E-state index is 12.8. The predicted molar refractivity (Wildman–Crippen MR) is 93.5 cm³/mol. The number of halogens is 2. The third kappa shape index (κ3) is 3.67. The first kappa shape index (κ1) is 19.4. The third-order valence-electron chi connectivity index (χ3n) is 3.70. The van der Waals surface area contributed by atoms with Gasteiger partial charge in [0.1, 0.15) is 10.5 Å². The second kappa shape index (κ2) is 7.31. The Balaban J connectivity index is 2.08. The van der Waals surface area contributed by atoms with E-state index >= 15 is 0 Å². The van der Waals surface area contributed by atoms with Gasteiger partial charge in [0.25, 0.3) is 10.0 Å². The van der Waals surface area contributed by atoms with Crippen molar-refractivity contribution in [2.45, 2.75) is 11.5 Å². The molecule has 0 aliphatic heterocycles. The Morgan fingerprint density at radius 3 is 2.71 bits per heavy atom. The molecule has 0 unspecified atom stereocenters. The van der Waals surface area contributed by atoms with E-state index in [0.29, 0.717) is 5.65 Å². The molecule has 2 heterocycles. The zero-order valence-electron chi connectivity index (χ0n) is 14.1. The molecule has 3 N–H and O–H groups in total. The van der Waals surface area contributed by atoms with Gasteiger partial charge in [0, 0.05) is 29.9 Å². The summed E-state index contributed by atoms with van der Waals surface area (Å²) in [6.45, 7) is -3.23. The van der Waals surface area contributed by atoms with Crippen molar-refractivity contribution in [1.29, 1.82) is 0 Å². The van der Waals surface area contributed by atoms with E-state index in [-0.39, 0.29) is 21.7 Å². The zero-order chi connectivity index (χ0) is 20.5. The Bertz CT molecular complexity index is 1150. The fraction of sp³-hybridized carbons (Fsp3) is 0.125. The number of hydrogen-bond donors (Lipinski definition) is 3. The Morgan fingerprint density at radius 2 is 2.07 bits per heavy atom. The van der Waals surface area contributed by atoms with Crippen molar-refractivity contribution in [2.75, 3.05) is 11.8 Å². The molecule has 0 saturated heterocycles. The average molecular weight is 413 g/mol. The number of ether oxygens (including phenoxy) is 2. The number of alkyl halides is 2. The quantitative estimate of drug-likeness (QED) is 0.543. The van der Waals surface area contributed by atoms with Crippen LogP contribution in [0.5, 0.6) is 11.5 Å². The fourth-order valence-corrected chi connectivity index (χ4v) is 3.76. The molecule has 148 valence electrons. The minimum absolute atomic E-state index is 0.168. The van der Waals surface area contributed by atoms with Gasteiger partial charge in [-0.3, -0.25) is 4.72 Å². The van der Waals surface area contributed by atoms with E-state index in [9.17, 15) is 27.1 Å². The van der Waals surface area contributed by atoms with Gasteiger partial charge in [-0.1, -0.05) is 0 Å². The van der Waals surface area contributed by atoms with Gasteiger partial charge in [-0.15, -0.1) is 0 Å². The number of hydrogen-bond acceptors (Lipinski definition) is 6. The Hall–Kier alpha value is -3.41. The maximum absolute atomic E-state index is 12.8. The molecule has 0 atom stereocenters. The molecule has 3 rings (SSSR count). The first-order valence-electron chi connectivity index (χ1n) is 7.58. The summed E-state index contributed by atoms with van der Waals surface area (Å²) in [7, 11) is -3.11. The van der Waals surface area contributed by atoms with E-state index in [1.54, 1.807) is 0 Å². The number of aromatic amines is 1. The molecule has 0 bridgehead atoms. The molecule has 12 heteroatoms. The standard InChI is InChI=1S/C16H13F2N3O6S/c1-26-11-6-10(9(15(22)23)5-12(11)27-16(17)18)21-28(24,25)13-7-20-14-8(13)3-2-4-19-14/h2-7,16,21H,1H3,(H,19,20)(H,22,23). The second-order valence-electron chi connectivity index (χ2n) is 5.39. The lowest BCUT2D eigenvalue weighted by molar-refractivity contribution is -0.0512. The number of nitrogens with zero attached hydrogens (tertiary/aromatic N) is 1. The summed E-state index contributed by atoms with van der Waals surface area (Å²) in [4.78, 5) is 18.0. The number of carboxylic acids is 1. The number of carbonyl (C=O) groups is 1. The van der Waals surface area contributed by atoms with Gasteiger partial charge >= 0.3 is 12.6 Å². The molecule has 9 nitrogen and oxygen atoms in total. The van der Waals surface area contributed by atoms with Crippen LogP contribution in [-0.2, 0) is 10.0 Å². The van der Waals surface area contributed by atoms with Crippen molar-refractivity contribution in [3.8, 4) is 11.5 Å². The van der Waals surface area contributed by atoms with Gasteiger partial charge in [-0.05, 0) is 12.1 Å². The number of pyridine rings is 1. The molecule has 2 aromatic heterocycles. The summed E-state index contributed by atoms with van der Waals surface area (Å²) < 4.78 is 61.9. The van der Waals surface area contributed by atoms with Gasteiger partial charge in [0.2, 0.25) is 0 Å². The van der Waals surface area contributed by atoms with Crippen LogP contribution in [0.3, 0.4) is 0 Å². The first-order chi connectivity index (χ1) is 13.2. The molecule has 0 saturated carbocycles. The molecule has 1 aromatic carbocycles. The summed E-state index contributed by atoms with van der Waals surface area (Å²) in [6.07, 6.45) is 2.67. The van der Waals surface area contributed by atoms with Gasteiger partial charge in [-0.25, -0.2) is 18.2 Å². The van der Waals surface area contributed by atoms with Crippen LogP contribution in [0, 0.1) is 0 Å². The lowest BCUT2D eigenvalue weighted by Gasteiger charge is -2.15. The van der Waals surface area contributed by atoms with Crippen molar-refractivity contribution >= 4 is 32.7 Å². The number of H-pyrrole nitrogens is 1. The van der Waals surface area contributed by atoms with E-state index in [4.69, 9.17) is 4.74 Å². The summed E-state index contributed by atoms with van der Waals surface area (Å²) in [6, 6.07) is 4.76. The fourth-order valence-electron chi connectivity index (χ4n) is 2.52. The molecule has 0 fully saturated rings. The monoisotopic (exact) mass is 413 g/mol. The molecule has 28 heavy (non-hydrogen) atoms. The predicted octanol–water partition coefficient (Wildman–Crippen LogP) is 2.67. The molecule has 0 spiro atoms. The summed E-state index contributed by atoms with van der Waals surface area (Å²) in [5.41, 5.74) is -0.665. The molecular formula is C16H13F2N3O6S. The van der Waals surface area contributed by atoms with Gasteiger partial charge < -0.3 is 19.6 Å². The Kier molecular flexibility index (Phi) is 5.05. The number of anilines is 1. The van der Waals surface area contributed by atoms with Crippen LogP contribution in [0.15, 0.2) is 41.6 Å². The van der Waals surface area contributed by atoms with E-state index in [1.165, 1.54) is 24.5 Å². The molecule has 0 amide bonds. The van der Waals surface area contributed by atoms with Crippen molar-refractivity contribution in [3.05, 3.63) is 42.2 Å². The lowest BCUT2D eigenvalue weighted by Crippen LogP contribution is -2.16. The normalized spacial score (nSPS) is 11.6. The van der Waals surface area contributed by atoms with Crippen LogP contribution < -0.4 is 14.2 Å². The maximum Gasteiger partial charge on any atom is 0.387 e. The molecule has 0 radical (unpaired) electrons. The van der Waals surface area contributed by atoms with Crippen LogP contribution in [0.1, 0.15) is 10.4 Å². The number of benzene rings is 1. The number of fused-ring (bicyclic) bond motifs is 1. The number of carboxylic acid groups (broad SMARTS) is 1. The van der Waals surface area contributed by atoms with Gasteiger partial charge in [0.15, 0.2) is 11.5 Å². The van der Waals surface area contributed by atoms with Crippen molar-refractivity contribution < 1.29 is 36.6 Å². The van der Waals surface area contributed by atoms with Crippen molar-refractivity contribution in [3.63, 3.8) is 0 Å². The van der Waals surface area contributed by atoms with Crippen LogP contribution in [0.25, 0.3) is 11.0 Å². The van der Waals surface area contributed by atoms with Crippen molar-refractivity contribution in [1.82, 2.24) is 9.97 Å². The number of aromatic nitrogens is 2. The van der Waals surface area contributed by atoms with E-state index in [0.717, 1.165) is 19.2 Å². The molecule has 0 aliphatic carbocycles. The van der Waals surface area contributed by atoms with Crippen LogP contribution in [-0.4, -0.2) is 43.2 Å². The summed E-state index contributed by atoms with van der Waals surface area (Å²) in [5.74, 6) is -2.38. The highest BCUT2D eigenvalue weighted by Gasteiger charge is 2.25. The first-order valence-corrected chi connectivity index (χ1v) is 9.06. The van der Waals surface area contributed by atoms with E-state index in [2.05, 4.69) is 19.4 Å². The van der Waals surface area contributed by atoms with Gasteiger partial charge in [0.05, 0.1) is 18.4 Å². The molecular weight excluding hydrogens is 400 g/mol. The van der Waals surface area contributed by atoms with E-state index in [1.807, 2.05) is 0 Å². The van der Waals surface area contributed by atoms with E-state index < -0.39 is 33.9 Å². The van der Waals surface area contributed by atoms with Crippen LogP contribution in [0.2, 0.25) is 0 Å². The van der Waals surface area contributed by atoms with Crippen molar-refractivity contribution in [2.24, 2.45) is 0 Å². The van der Waals surface area contributed by atoms with Crippen LogP contribution in [0.4, 0.5) is 14.5 Å². The Labute approximate surface area is 157 Å². The zero-order valence-corrected chi connectivity index (χ0v) is 15.0. The third-order valence-corrected chi connectivity index (χ3v) is 5.10. The minimum atomic E-state index is -4.24. The summed E-state index contributed by atoms with van der Waals surface area (Å²) >= 11 is 0. The largest absolute Gasteiger partial charge is 0.493 e. The topological polar surface area (TPSA) is 131 Å². The highest BCUT2D eigenvalue weighted by molar-refractivity contribution is 7.93. The number of nitrogens with one attached hydrogen (secondary N) is 2. The van der Waals surface area contributed by atoms with Gasteiger partial charge in [-0.2, -0.15) is 8.78 Å². The number of sulfonamides is 1. The SMILES string of the molecule is COc1cc(NS(=O)(=O)c2c[nH]c3ncccc23)c(C(=O)O)cc1OC(F)F. The second-order valence-corrected chi connectivity index (χ2v) is 7.04. The number of aromatic carboxylic acids is 1. The summed E-state index contributed by atoms with van der Waals surface area (Å²) in [5, 5.41) is 9.64. The Morgan fingerprint density at radius 1 is 1.32 bits per heavy atom. The minimum Gasteiger partial charge on any atom is -0.493 e. The van der Waals surface area contributed by atoms with Crippen LogP contribution >= 0.6 is 0 Å². The number of rotatable bonds is 7. The lowest BCUT2D eigenvalue weighted by atomic mass is 10.1. The highest BCUT2D eigenvalue weighted by Crippen LogP contribution is 2.36.